The molecule has 0 bridgehead atoms. The zero-order valence-corrected chi connectivity index (χ0v) is 3.77. The Bertz CT molecular complexity index is 189. The lowest BCUT2D eigenvalue weighted by atomic mass is 10.3. The zero-order valence-electron chi connectivity index (χ0n) is 3.77. The first kappa shape index (κ1) is 3.08. The average molecular weight is 92.1 g/mol. The molecule has 34 valence electrons. The van der Waals surface area contributed by atoms with Crippen LogP contribution in [-0.4, -0.2) is 0 Å². The lowest BCUT2D eigenvalue weighted by Gasteiger charge is -1.83. The summed E-state index contributed by atoms with van der Waals surface area (Å²) in [6.07, 6.45) is 3.88. The summed E-state index contributed by atoms with van der Waals surface area (Å²) in [5.74, 6) is 1.99. The maximum absolute atomic E-state index is 4.91. The van der Waals surface area contributed by atoms with Crippen LogP contribution in [0, 0.1) is 0 Å². The van der Waals surface area contributed by atoms with E-state index in [2.05, 4.69) is 6.58 Å². The first-order valence-corrected chi connectivity index (χ1v) is 2.17. The van der Waals surface area contributed by atoms with Gasteiger partial charge >= 0.3 is 0 Å². The second kappa shape index (κ2) is 0.668. The fraction of sp³-hybridized carbons (Fsp3) is 0. The minimum Gasteiger partial charge on any atom is -0.449 e. The van der Waals surface area contributed by atoms with Crippen LogP contribution < -0.4 is 0 Å². The van der Waals surface area contributed by atoms with E-state index >= 15 is 0 Å². The van der Waals surface area contributed by atoms with E-state index in [1.807, 2.05) is 12.2 Å². The van der Waals surface area contributed by atoms with Crippen LogP contribution in [0.4, 0.5) is 0 Å². The third-order valence-corrected chi connectivity index (χ3v) is 1.12. The number of allylic oxidation sites excluding steroid dienone is 2. The normalized spacial score (nSPS) is 22.6. The van der Waals surface area contributed by atoms with Crippen molar-refractivity contribution in [3.63, 3.8) is 0 Å². The topological polar surface area (TPSA) is 12.5 Å². The molecule has 1 heterocycles. The average Bonchev–Trinajstić information content (AvgIpc) is 2.33. The van der Waals surface area contributed by atoms with Gasteiger partial charge in [0.25, 0.3) is 0 Å². The summed E-state index contributed by atoms with van der Waals surface area (Å²) in [7, 11) is 0. The van der Waals surface area contributed by atoms with Crippen LogP contribution >= 0.6 is 0 Å². The lowest BCUT2D eigenvalue weighted by Crippen LogP contribution is -1.66. The van der Waals surface area contributed by atoms with Gasteiger partial charge < -0.3 is 4.74 Å². The molecule has 0 aromatic rings. The van der Waals surface area contributed by atoms with Crippen molar-refractivity contribution in [2.75, 3.05) is 0 Å². The fourth-order valence-corrected chi connectivity index (χ4v) is 0.670. The van der Waals surface area contributed by atoms with E-state index in [0.29, 0.717) is 0 Å². The number of hydrogen-bond acceptors (Lipinski definition) is 1. The molecule has 1 nitrogen and oxygen atoms in total. The molecule has 1 aliphatic heterocycles. The fourth-order valence-electron chi connectivity index (χ4n) is 0.670. The third kappa shape index (κ3) is 0.233. The van der Waals surface area contributed by atoms with Crippen LogP contribution in [0.3, 0.4) is 0 Å². The highest BCUT2D eigenvalue weighted by Crippen LogP contribution is 2.38. The molecule has 0 saturated carbocycles. The predicted molar refractivity (Wildman–Crippen MR) is 26.4 cm³/mol. The van der Waals surface area contributed by atoms with E-state index in [0.717, 1.165) is 17.1 Å². The summed E-state index contributed by atoms with van der Waals surface area (Å²) in [5, 5.41) is 0. The van der Waals surface area contributed by atoms with Crippen molar-refractivity contribution in [2.24, 2.45) is 0 Å². The van der Waals surface area contributed by atoms with Crippen LogP contribution in [0.15, 0.2) is 35.8 Å². The van der Waals surface area contributed by atoms with Crippen molar-refractivity contribution in [3.05, 3.63) is 35.8 Å². The van der Waals surface area contributed by atoms with E-state index < -0.39 is 0 Å². The molecule has 2 aliphatic rings. The van der Waals surface area contributed by atoms with Gasteiger partial charge in [-0.2, -0.15) is 0 Å². The first-order chi connectivity index (χ1) is 3.38. The van der Waals surface area contributed by atoms with Crippen molar-refractivity contribution in [2.45, 2.75) is 0 Å². The Kier molecular flexibility index (Phi) is 0.294. The van der Waals surface area contributed by atoms with Gasteiger partial charge in [0.1, 0.15) is 0 Å². The van der Waals surface area contributed by atoms with E-state index in [1.165, 1.54) is 0 Å². The molecule has 0 aromatic heterocycles. The highest BCUT2D eigenvalue weighted by atomic mass is 16.6. The van der Waals surface area contributed by atoms with Gasteiger partial charge in [-0.25, -0.2) is 0 Å². The molecule has 1 aliphatic carbocycles. The van der Waals surface area contributed by atoms with E-state index in [1.54, 1.807) is 0 Å². The first-order valence-electron chi connectivity index (χ1n) is 2.17. The van der Waals surface area contributed by atoms with Crippen LogP contribution in [0.1, 0.15) is 0 Å². The van der Waals surface area contributed by atoms with E-state index in [4.69, 9.17) is 4.74 Å². The predicted octanol–water partition coefficient (Wildman–Crippen LogP) is 1.35. The number of hydrogen-bond donors (Lipinski definition) is 0. The van der Waals surface area contributed by atoms with Gasteiger partial charge in [0.2, 0.25) is 0 Å². The summed E-state index contributed by atoms with van der Waals surface area (Å²) in [5.41, 5.74) is 1.01. The smallest absolute Gasteiger partial charge is 0.176 e. The third-order valence-electron chi connectivity index (χ3n) is 1.12. The van der Waals surface area contributed by atoms with Crippen molar-refractivity contribution in [1.82, 2.24) is 0 Å². The molecule has 0 amide bonds. The summed E-state index contributed by atoms with van der Waals surface area (Å²) < 4.78 is 4.91. The van der Waals surface area contributed by atoms with Gasteiger partial charge in [-0.15, -0.1) is 0 Å². The molecule has 0 unspecified atom stereocenters. The molecule has 7 heavy (non-hydrogen) atoms. The van der Waals surface area contributed by atoms with Gasteiger partial charge in [0.05, 0.1) is 0 Å². The Morgan fingerprint density at radius 2 is 2.29 bits per heavy atom. The molecular weight excluding hydrogens is 88.1 g/mol. The van der Waals surface area contributed by atoms with Gasteiger partial charge in [0.15, 0.2) is 11.5 Å². The van der Waals surface area contributed by atoms with E-state index in [9.17, 15) is 0 Å². The Hall–Kier alpha value is -0.980. The van der Waals surface area contributed by atoms with Gasteiger partial charge in [-0.1, -0.05) is 6.58 Å². The number of ether oxygens (including phenoxy) is 1. The molecule has 0 fully saturated rings. The highest BCUT2D eigenvalue weighted by molar-refractivity contribution is 5.54. The maximum Gasteiger partial charge on any atom is 0.176 e. The van der Waals surface area contributed by atoms with Crippen molar-refractivity contribution in [3.8, 4) is 0 Å². The van der Waals surface area contributed by atoms with Crippen LogP contribution in [0.5, 0.6) is 0 Å². The van der Waals surface area contributed by atoms with Crippen LogP contribution in [0.2, 0.25) is 0 Å². The summed E-state index contributed by atoms with van der Waals surface area (Å²) in [4.78, 5) is 0. The van der Waals surface area contributed by atoms with Crippen molar-refractivity contribution >= 4 is 0 Å². The maximum atomic E-state index is 4.91. The molecule has 1 heteroatoms. The Balaban J connectivity index is 2.57. The Labute approximate surface area is 41.6 Å². The summed E-state index contributed by atoms with van der Waals surface area (Å²) in [6.45, 7) is 3.71. The van der Waals surface area contributed by atoms with Crippen molar-refractivity contribution in [1.29, 1.82) is 0 Å². The SMILES string of the molecule is C=C1C=CC2=C1O2. The molecule has 0 spiro atoms. The zero-order chi connectivity index (χ0) is 4.85. The highest BCUT2D eigenvalue weighted by Gasteiger charge is 2.28. The molecular formula is C6H4O. The molecule has 0 N–H and O–H groups in total. The Morgan fingerprint density at radius 1 is 1.43 bits per heavy atom. The molecule has 0 radical (unpaired) electrons. The summed E-state index contributed by atoms with van der Waals surface area (Å²) >= 11 is 0. The monoisotopic (exact) mass is 92.0 g/mol. The quantitative estimate of drug-likeness (QED) is 0.439. The largest absolute Gasteiger partial charge is 0.449 e. The van der Waals surface area contributed by atoms with Gasteiger partial charge in [-0.3, -0.25) is 0 Å². The van der Waals surface area contributed by atoms with Gasteiger partial charge in [0, 0.05) is 5.57 Å². The van der Waals surface area contributed by atoms with Crippen LogP contribution in [-0.2, 0) is 4.74 Å². The molecule has 2 rings (SSSR count). The van der Waals surface area contributed by atoms with Crippen molar-refractivity contribution < 1.29 is 4.74 Å². The summed E-state index contributed by atoms with van der Waals surface area (Å²) in [6, 6.07) is 0. The van der Waals surface area contributed by atoms with Gasteiger partial charge in [-0.05, 0) is 12.2 Å². The second-order valence-electron chi connectivity index (χ2n) is 1.65. The standard InChI is InChI=1S/C6H4O/c1-4-2-3-5-6(4)7-5/h2-3H,1H2. The lowest BCUT2D eigenvalue weighted by molar-refractivity contribution is 0.484. The Morgan fingerprint density at radius 3 is 2.43 bits per heavy atom. The minimum absolute atomic E-state index is 0.986. The number of rotatable bonds is 0. The van der Waals surface area contributed by atoms with E-state index in [-0.39, 0.29) is 0 Å². The molecule has 0 saturated heterocycles. The second-order valence-corrected chi connectivity index (χ2v) is 1.65. The molecule has 0 atom stereocenters. The minimum atomic E-state index is 0.986. The molecule has 0 aromatic carbocycles. The van der Waals surface area contributed by atoms with Crippen LogP contribution in [0.25, 0.3) is 0 Å².